The monoisotopic (exact) mass is 348 g/mol. The molecule has 0 saturated carbocycles. The largest absolute Gasteiger partial charge is 0.465 e. The molecule has 1 N–H and O–H groups in total. The Labute approximate surface area is 125 Å². The average molecular weight is 349 g/mol. The van der Waals surface area contributed by atoms with Gasteiger partial charge in [-0.05, 0) is 48.8 Å². The normalized spacial score (nSPS) is 13.9. The van der Waals surface area contributed by atoms with Gasteiger partial charge in [0.1, 0.15) is 11.4 Å². The molecule has 1 rings (SSSR count). The second-order valence-electron chi connectivity index (χ2n) is 4.19. The fourth-order valence-corrected chi connectivity index (χ4v) is 2.04. The number of carbonyl (C=O) groups excluding carboxylic acids is 2. The summed E-state index contributed by atoms with van der Waals surface area (Å²) in [7, 11) is 0. The van der Waals surface area contributed by atoms with Crippen LogP contribution < -0.4 is 0 Å². The van der Waals surface area contributed by atoms with Gasteiger partial charge in [-0.1, -0.05) is 0 Å². The van der Waals surface area contributed by atoms with E-state index in [2.05, 4.69) is 15.9 Å². The molecule has 0 bridgehead atoms. The minimum Gasteiger partial charge on any atom is -0.465 e. The summed E-state index contributed by atoms with van der Waals surface area (Å²) in [4.78, 5) is 23.9. The molecular formula is C13H17BrO6. The van der Waals surface area contributed by atoms with E-state index >= 15 is 0 Å². The lowest BCUT2D eigenvalue weighted by molar-refractivity contribution is -0.175. The molecule has 0 aromatic carbocycles. The summed E-state index contributed by atoms with van der Waals surface area (Å²) >= 11 is 3.10. The first-order valence-corrected chi connectivity index (χ1v) is 6.95. The fraction of sp³-hybridized carbons (Fsp3) is 0.538. The lowest BCUT2D eigenvalue weighted by atomic mass is 9.87. The van der Waals surface area contributed by atoms with Crippen LogP contribution in [0, 0.1) is 5.92 Å². The van der Waals surface area contributed by atoms with Crippen molar-refractivity contribution in [3.05, 3.63) is 22.6 Å². The molecule has 1 aromatic heterocycles. The number of hydrogen-bond acceptors (Lipinski definition) is 6. The zero-order chi connectivity index (χ0) is 15.3. The van der Waals surface area contributed by atoms with Gasteiger partial charge in [-0.25, -0.2) is 0 Å². The van der Waals surface area contributed by atoms with Gasteiger partial charge in [-0.3, -0.25) is 9.59 Å². The molecule has 0 saturated heterocycles. The molecule has 0 fully saturated rings. The molecule has 0 aliphatic carbocycles. The Morgan fingerprint density at radius 2 is 1.80 bits per heavy atom. The second kappa shape index (κ2) is 6.90. The number of hydrogen-bond donors (Lipinski definition) is 1. The van der Waals surface area contributed by atoms with Gasteiger partial charge in [0.15, 0.2) is 10.6 Å². The predicted molar refractivity (Wildman–Crippen MR) is 72.7 cm³/mol. The van der Waals surface area contributed by atoms with Crippen molar-refractivity contribution in [2.45, 2.75) is 26.4 Å². The van der Waals surface area contributed by atoms with Crippen molar-refractivity contribution in [3.63, 3.8) is 0 Å². The van der Waals surface area contributed by atoms with Crippen molar-refractivity contribution < 1.29 is 28.6 Å². The van der Waals surface area contributed by atoms with Crippen LogP contribution in [0.25, 0.3) is 0 Å². The second-order valence-corrected chi connectivity index (χ2v) is 4.97. The van der Waals surface area contributed by atoms with E-state index in [4.69, 9.17) is 13.9 Å². The van der Waals surface area contributed by atoms with Gasteiger partial charge in [-0.2, -0.15) is 0 Å². The molecule has 0 aliphatic heterocycles. The standard InChI is InChI=1S/C13H17BrO6/c1-4-18-11(15)10(12(16)19-5-2)13(3,17)8-6-7-9(14)20-8/h6-7,10,17H,4-5H2,1-3H3. The Kier molecular flexibility index (Phi) is 5.76. The maximum atomic E-state index is 11.9. The third kappa shape index (κ3) is 3.61. The summed E-state index contributed by atoms with van der Waals surface area (Å²) < 4.78 is 15.3. The highest BCUT2D eigenvalue weighted by molar-refractivity contribution is 9.10. The number of aliphatic hydroxyl groups is 1. The number of esters is 2. The van der Waals surface area contributed by atoms with Crippen LogP contribution in [0.1, 0.15) is 26.5 Å². The highest BCUT2D eigenvalue weighted by atomic mass is 79.9. The third-order valence-electron chi connectivity index (χ3n) is 2.68. The average Bonchev–Trinajstić information content (AvgIpc) is 2.77. The topological polar surface area (TPSA) is 86.0 Å². The fourth-order valence-electron chi connectivity index (χ4n) is 1.73. The SMILES string of the molecule is CCOC(=O)C(C(=O)OCC)C(C)(O)c1ccc(Br)o1. The molecule has 6 nitrogen and oxygen atoms in total. The first kappa shape index (κ1) is 16.7. The molecule has 0 amide bonds. The van der Waals surface area contributed by atoms with Crippen molar-refractivity contribution in [1.29, 1.82) is 0 Å². The van der Waals surface area contributed by atoms with E-state index < -0.39 is 23.5 Å². The minimum absolute atomic E-state index is 0.0653. The Morgan fingerprint density at radius 3 is 2.15 bits per heavy atom. The van der Waals surface area contributed by atoms with Crippen molar-refractivity contribution in [3.8, 4) is 0 Å². The van der Waals surface area contributed by atoms with Crippen molar-refractivity contribution in [2.24, 2.45) is 5.92 Å². The van der Waals surface area contributed by atoms with Gasteiger partial charge in [0.05, 0.1) is 13.2 Å². The quantitative estimate of drug-likeness (QED) is 0.624. The van der Waals surface area contributed by atoms with Gasteiger partial charge in [-0.15, -0.1) is 0 Å². The van der Waals surface area contributed by atoms with Gasteiger partial charge in [0.2, 0.25) is 0 Å². The van der Waals surface area contributed by atoms with E-state index in [1.54, 1.807) is 19.9 Å². The van der Waals surface area contributed by atoms with E-state index in [1.807, 2.05) is 0 Å². The molecule has 0 radical (unpaired) electrons. The Morgan fingerprint density at radius 1 is 1.30 bits per heavy atom. The highest BCUT2D eigenvalue weighted by Crippen LogP contribution is 2.33. The Hall–Kier alpha value is -1.34. The molecule has 0 aliphatic rings. The molecular weight excluding hydrogens is 332 g/mol. The number of rotatable bonds is 6. The van der Waals surface area contributed by atoms with Crippen molar-refractivity contribution in [2.75, 3.05) is 13.2 Å². The predicted octanol–water partition coefficient (Wildman–Crippen LogP) is 1.99. The summed E-state index contributed by atoms with van der Waals surface area (Å²) in [6.45, 7) is 4.70. The van der Waals surface area contributed by atoms with Gasteiger partial charge in [0, 0.05) is 0 Å². The van der Waals surface area contributed by atoms with Crippen LogP contribution in [-0.2, 0) is 24.7 Å². The van der Waals surface area contributed by atoms with Crippen LogP contribution in [0.2, 0.25) is 0 Å². The molecule has 1 aromatic rings. The summed E-state index contributed by atoms with van der Waals surface area (Å²) in [5.41, 5.74) is -1.87. The molecule has 7 heteroatoms. The van der Waals surface area contributed by atoms with Crippen LogP contribution in [0.3, 0.4) is 0 Å². The highest BCUT2D eigenvalue weighted by Gasteiger charge is 2.48. The lowest BCUT2D eigenvalue weighted by Gasteiger charge is -2.27. The first-order valence-electron chi connectivity index (χ1n) is 6.16. The number of carbonyl (C=O) groups is 2. The van der Waals surface area contributed by atoms with Crippen LogP contribution in [0.15, 0.2) is 21.2 Å². The van der Waals surface area contributed by atoms with E-state index in [9.17, 15) is 14.7 Å². The number of halogens is 1. The number of ether oxygens (including phenoxy) is 2. The molecule has 112 valence electrons. The molecule has 0 spiro atoms. The summed E-state index contributed by atoms with van der Waals surface area (Å²) in [5.74, 6) is -3.16. The van der Waals surface area contributed by atoms with E-state index in [1.165, 1.54) is 13.0 Å². The minimum atomic E-state index is -1.87. The van der Waals surface area contributed by atoms with Crippen LogP contribution in [0.5, 0.6) is 0 Å². The first-order chi connectivity index (χ1) is 9.34. The number of furan rings is 1. The van der Waals surface area contributed by atoms with Crippen LogP contribution in [0.4, 0.5) is 0 Å². The van der Waals surface area contributed by atoms with Gasteiger partial charge in [0.25, 0.3) is 0 Å². The Balaban J connectivity index is 3.14. The smallest absolute Gasteiger partial charge is 0.323 e. The summed E-state index contributed by atoms with van der Waals surface area (Å²) in [6.07, 6.45) is 0. The maximum absolute atomic E-state index is 11.9. The lowest BCUT2D eigenvalue weighted by Crippen LogP contribution is -2.44. The third-order valence-corrected chi connectivity index (χ3v) is 3.10. The summed E-state index contributed by atoms with van der Waals surface area (Å²) in [6, 6.07) is 3.02. The van der Waals surface area contributed by atoms with Crippen molar-refractivity contribution >= 4 is 27.9 Å². The zero-order valence-corrected chi connectivity index (χ0v) is 13.1. The molecule has 1 heterocycles. The zero-order valence-electron chi connectivity index (χ0n) is 11.5. The van der Waals surface area contributed by atoms with E-state index in [-0.39, 0.29) is 19.0 Å². The molecule has 1 unspecified atom stereocenters. The van der Waals surface area contributed by atoms with E-state index in [0.29, 0.717) is 4.67 Å². The molecule has 20 heavy (non-hydrogen) atoms. The van der Waals surface area contributed by atoms with Gasteiger partial charge < -0.3 is 19.0 Å². The van der Waals surface area contributed by atoms with Crippen LogP contribution in [-0.4, -0.2) is 30.3 Å². The maximum Gasteiger partial charge on any atom is 0.323 e. The molecule has 1 atom stereocenters. The Bertz CT molecular complexity index is 461. The van der Waals surface area contributed by atoms with Gasteiger partial charge >= 0.3 is 11.9 Å². The van der Waals surface area contributed by atoms with Crippen LogP contribution >= 0.6 is 15.9 Å². The van der Waals surface area contributed by atoms with Crippen molar-refractivity contribution in [1.82, 2.24) is 0 Å². The summed E-state index contributed by atoms with van der Waals surface area (Å²) in [5, 5.41) is 10.5. The van der Waals surface area contributed by atoms with E-state index in [0.717, 1.165) is 0 Å².